The molecule has 11 nitrogen and oxygen atoms in total. The molecule has 1 aliphatic carbocycles. The molecule has 0 unspecified atom stereocenters. The molecule has 0 radical (unpaired) electrons. The van der Waals surface area contributed by atoms with Crippen molar-refractivity contribution in [1.29, 1.82) is 0 Å². The van der Waals surface area contributed by atoms with Crippen LogP contribution in [0.15, 0.2) is 53.1 Å². The minimum Gasteiger partial charge on any atom is -0.497 e. The van der Waals surface area contributed by atoms with Gasteiger partial charge in [-0.1, -0.05) is 45.1 Å². The van der Waals surface area contributed by atoms with Crippen molar-refractivity contribution in [3.63, 3.8) is 0 Å². The number of nitro groups is 1. The van der Waals surface area contributed by atoms with E-state index in [9.17, 15) is 28.1 Å². The summed E-state index contributed by atoms with van der Waals surface area (Å²) in [6.45, 7) is 7.51. The van der Waals surface area contributed by atoms with Crippen LogP contribution >= 0.6 is 0 Å². The van der Waals surface area contributed by atoms with E-state index in [0.29, 0.717) is 19.3 Å². The van der Waals surface area contributed by atoms with Gasteiger partial charge < -0.3 is 13.9 Å². The molecule has 0 aromatic heterocycles. The monoisotopic (exact) mass is 674 g/mol. The maximum Gasteiger partial charge on any atom is 0.303 e. The first kappa shape index (κ1) is 37.1. The van der Waals surface area contributed by atoms with E-state index < -0.39 is 63.3 Å². The molecule has 0 N–H and O–H groups in total. The van der Waals surface area contributed by atoms with Gasteiger partial charge >= 0.3 is 5.97 Å². The average molecular weight is 675 g/mol. The number of methoxy groups -OCH3 is 1. The number of benzene rings is 1. The van der Waals surface area contributed by atoms with Crippen molar-refractivity contribution in [1.82, 2.24) is 4.31 Å². The van der Waals surface area contributed by atoms with E-state index in [4.69, 9.17) is 20.3 Å². The van der Waals surface area contributed by atoms with Crippen LogP contribution < -0.4 is 0 Å². The molecule has 1 aromatic rings. The van der Waals surface area contributed by atoms with Crippen LogP contribution in [0.3, 0.4) is 0 Å². The number of allylic oxidation sites excluding steroid dienone is 2. The van der Waals surface area contributed by atoms with E-state index in [1.807, 2.05) is 6.08 Å². The summed E-state index contributed by atoms with van der Waals surface area (Å²) in [4.78, 5) is 37.3. The summed E-state index contributed by atoms with van der Waals surface area (Å²) in [5.74, 6) is 0.892. The average Bonchev–Trinajstić information content (AvgIpc) is 3.02. The largest absolute Gasteiger partial charge is 0.497 e. The van der Waals surface area contributed by atoms with Gasteiger partial charge in [0, 0.05) is 56.0 Å². The fourth-order valence-electron chi connectivity index (χ4n) is 6.68. The Morgan fingerprint density at radius 1 is 1.20 bits per heavy atom. The first-order valence-corrected chi connectivity index (χ1v) is 19.8. The molecule has 2 aliphatic rings. The highest BCUT2D eigenvalue weighted by atomic mass is 32.2. The summed E-state index contributed by atoms with van der Waals surface area (Å²) in [6.07, 6.45) is 11.5. The van der Waals surface area contributed by atoms with Crippen LogP contribution in [0.1, 0.15) is 59.8 Å². The number of sulfonamides is 1. The minimum absolute atomic E-state index is 0.0142. The first-order valence-electron chi connectivity index (χ1n) is 15.8. The van der Waals surface area contributed by atoms with Gasteiger partial charge in [-0.3, -0.25) is 19.7 Å². The van der Waals surface area contributed by atoms with Crippen LogP contribution in [0.5, 0.6) is 0 Å². The number of carbonyl (C=O) groups excluding carboxylic acids is 2. The number of ketones is 1. The Balaban J connectivity index is 2.32. The molecule has 0 fully saturated rings. The van der Waals surface area contributed by atoms with Crippen molar-refractivity contribution in [2.24, 2.45) is 11.3 Å². The third-order valence-corrected chi connectivity index (χ3v) is 16.1. The topological polar surface area (TPSA) is 142 Å². The molecule has 46 heavy (non-hydrogen) atoms. The normalized spacial score (nSPS) is 25.0. The number of hydrogen-bond acceptors (Lipinski definition) is 9. The van der Waals surface area contributed by atoms with Gasteiger partial charge in [0.05, 0.1) is 12.0 Å². The second-order valence-electron chi connectivity index (χ2n) is 11.9. The number of terminal acetylenes is 1. The lowest BCUT2D eigenvalue weighted by Gasteiger charge is -2.50. The Hall–Kier alpha value is -3.31. The van der Waals surface area contributed by atoms with Gasteiger partial charge in [0.1, 0.15) is 5.76 Å². The maximum atomic E-state index is 14.4. The van der Waals surface area contributed by atoms with E-state index in [1.165, 1.54) is 42.6 Å². The lowest BCUT2D eigenvalue weighted by molar-refractivity contribution is -0.387. The van der Waals surface area contributed by atoms with Gasteiger partial charge in [0.25, 0.3) is 5.69 Å². The second-order valence-corrected chi connectivity index (χ2v) is 18.5. The van der Waals surface area contributed by atoms with Gasteiger partial charge in [0.2, 0.25) is 10.0 Å². The fraction of sp³-hybridized carbons (Fsp3) is 0.576. The third kappa shape index (κ3) is 7.79. The SMILES string of the molecule is C#CC[C@H]1C(=O)C=C(OC)[C@@H](OC(C)=O)[C@]1(CO[Si](CC)(CC)CC)C[C@@H]1/C=C\CCCCN1S(=O)(=O)c1ccccc1[N+](=O)[O-]. The minimum atomic E-state index is -4.43. The number of para-hydroxylation sites is 1. The summed E-state index contributed by atoms with van der Waals surface area (Å²) in [5.41, 5.74) is -1.87. The molecule has 0 spiro atoms. The van der Waals surface area contributed by atoms with Gasteiger partial charge in [-0.2, -0.15) is 4.31 Å². The lowest BCUT2D eigenvalue weighted by atomic mass is 9.61. The summed E-state index contributed by atoms with van der Waals surface area (Å²) >= 11 is 0. The van der Waals surface area contributed by atoms with E-state index in [2.05, 4.69) is 26.7 Å². The zero-order valence-corrected chi connectivity index (χ0v) is 29.2. The Kier molecular flexibility index (Phi) is 12.9. The molecule has 3 rings (SSSR count). The predicted octanol–water partition coefficient (Wildman–Crippen LogP) is 5.78. The zero-order valence-electron chi connectivity index (χ0n) is 27.4. The van der Waals surface area contributed by atoms with Crippen LogP contribution in [0.2, 0.25) is 18.1 Å². The highest BCUT2D eigenvalue weighted by molar-refractivity contribution is 7.89. The van der Waals surface area contributed by atoms with E-state index in [-0.39, 0.29) is 37.5 Å². The van der Waals surface area contributed by atoms with E-state index in [0.717, 1.165) is 24.2 Å². The summed E-state index contributed by atoms with van der Waals surface area (Å²) in [7, 11) is -5.38. The quantitative estimate of drug-likeness (QED) is 0.0600. The second kappa shape index (κ2) is 16.0. The number of nitro benzene ring substituents is 1. The molecular formula is C33H46N2O9SSi. The lowest BCUT2D eigenvalue weighted by Crippen LogP contribution is -2.58. The highest BCUT2D eigenvalue weighted by Gasteiger charge is 2.57. The van der Waals surface area contributed by atoms with Crippen molar-refractivity contribution in [3.8, 4) is 12.3 Å². The molecule has 0 saturated heterocycles. The molecule has 0 amide bonds. The van der Waals surface area contributed by atoms with Crippen LogP contribution in [-0.2, 0) is 33.5 Å². The van der Waals surface area contributed by atoms with Crippen LogP contribution in [0, 0.1) is 33.8 Å². The Labute approximate surface area is 273 Å². The van der Waals surface area contributed by atoms with Crippen LogP contribution in [0.4, 0.5) is 5.69 Å². The fourth-order valence-corrected chi connectivity index (χ4v) is 11.1. The predicted molar refractivity (Wildman–Crippen MR) is 177 cm³/mol. The molecule has 13 heteroatoms. The molecule has 0 bridgehead atoms. The summed E-state index contributed by atoms with van der Waals surface area (Å²) < 4.78 is 48.5. The highest BCUT2D eigenvalue weighted by Crippen LogP contribution is 2.49. The number of ether oxygens (including phenoxy) is 2. The number of carbonyl (C=O) groups is 2. The number of hydrogen-bond donors (Lipinski definition) is 0. The van der Waals surface area contributed by atoms with Crippen molar-refractivity contribution >= 4 is 35.8 Å². The van der Waals surface area contributed by atoms with E-state index >= 15 is 0 Å². The maximum absolute atomic E-state index is 14.4. The van der Waals surface area contributed by atoms with Crippen LogP contribution in [-0.4, -0.2) is 70.1 Å². The summed E-state index contributed by atoms with van der Waals surface area (Å²) in [6, 6.07) is 6.77. The zero-order chi connectivity index (χ0) is 34.1. The van der Waals surface area contributed by atoms with Gasteiger partial charge in [-0.25, -0.2) is 8.42 Å². The molecule has 252 valence electrons. The van der Waals surface area contributed by atoms with Crippen molar-refractivity contribution in [2.75, 3.05) is 20.3 Å². The van der Waals surface area contributed by atoms with Gasteiger partial charge in [-0.05, 0) is 49.9 Å². The Morgan fingerprint density at radius 3 is 2.46 bits per heavy atom. The number of nitrogens with zero attached hydrogens (tertiary/aromatic N) is 2. The standard InChI is InChI=1S/C33H46N2O9SSi/c1-7-17-27-29(37)22-30(42-6)32(44-25(5)36)33(27,24-43-46(8-2,9-3)10-4)23-26-18-13-11-12-16-21-34(26)45(40,41)31-20-15-14-19-28(31)35(38)39/h1,13-15,18-20,22,26-27,32H,8-12,16-17,21,23-24H2,2-6H3/b18-13-/t26-,27-,32+,33-/m0/s1. The Bertz CT molecular complexity index is 1470. The molecule has 1 heterocycles. The van der Waals surface area contributed by atoms with Crippen molar-refractivity contribution < 1.29 is 36.8 Å². The molecule has 1 aromatic carbocycles. The van der Waals surface area contributed by atoms with Gasteiger partial charge in [-0.15, -0.1) is 12.3 Å². The molecule has 0 saturated carbocycles. The third-order valence-electron chi connectivity index (χ3n) is 9.49. The number of esters is 1. The van der Waals surface area contributed by atoms with Crippen molar-refractivity contribution in [3.05, 3.63) is 58.4 Å². The first-order chi connectivity index (χ1) is 21.9. The smallest absolute Gasteiger partial charge is 0.303 e. The number of rotatable bonds is 14. The van der Waals surface area contributed by atoms with E-state index in [1.54, 1.807) is 6.08 Å². The van der Waals surface area contributed by atoms with Crippen LogP contribution in [0.25, 0.3) is 0 Å². The van der Waals surface area contributed by atoms with Gasteiger partial charge in [0.15, 0.2) is 25.1 Å². The molecule has 1 aliphatic heterocycles. The molecule has 4 atom stereocenters. The molecular weight excluding hydrogens is 629 g/mol. The Morgan fingerprint density at radius 2 is 1.87 bits per heavy atom. The summed E-state index contributed by atoms with van der Waals surface area (Å²) in [5, 5.41) is 11.9. The van der Waals surface area contributed by atoms with Crippen molar-refractivity contribution in [2.45, 2.75) is 95.0 Å².